The van der Waals surface area contributed by atoms with Crippen LogP contribution in [0.4, 0.5) is 0 Å². The van der Waals surface area contributed by atoms with Crippen LogP contribution in [-0.2, 0) is 0 Å². The topological polar surface area (TPSA) is 33.2 Å². The zero-order valence-electron chi connectivity index (χ0n) is 11.6. The first-order valence-electron chi connectivity index (χ1n) is 7.01. The van der Waals surface area contributed by atoms with Crippen LogP contribution in [-0.4, -0.2) is 28.9 Å². The summed E-state index contributed by atoms with van der Waals surface area (Å²) in [5, 5.41) is 0. The number of aryl methyl sites for hydroxylation is 1. The molecule has 3 nitrogen and oxygen atoms in total. The molecule has 3 rings (SSSR count). The van der Waals surface area contributed by atoms with Gasteiger partial charge in [0, 0.05) is 25.2 Å². The van der Waals surface area contributed by atoms with Gasteiger partial charge >= 0.3 is 0 Å². The Hall–Kier alpha value is -2.16. The van der Waals surface area contributed by atoms with Crippen molar-refractivity contribution in [2.45, 2.75) is 19.3 Å². The monoisotopic (exact) mass is 266 g/mol. The highest BCUT2D eigenvalue weighted by atomic mass is 16.2. The first-order valence-corrected chi connectivity index (χ1v) is 7.01. The molecule has 1 aliphatic rings. The molecule has 0 N–H and O–H groups in total. The number of carbonyl (C=O) groups is 1. The van der Waals surface area contributed by atoms with Crippen LogP contribution in [0.1, 0.15) is 34.0 Å². The van der Waals surface area contributed by atoms with Gasteiger partial charge in [0.25, 0.3) is 5.91 Å². The average Bonchev–Trinajstić information content (AvgIpc) is 2.97. The summed E-state index contributed by atoms with van der Waals surface area (Å²) in [5.41, 5.74) is 3.21. The second-order valence-corrected chi connectivity index (χ2v) is 5.31. The Labute approximate surface area is 119 Å². The molecule has 0 spiro atoms. The van der Waals surface area contributed by atoms with Gasteiger partial charge in [0.2, 0.25) is 0 Å². The third-order valence-electron chi connectivity index (χ3n) is 3.99. The third-order valence-corrected chi connectivity index (χ3v) is 3.99. The van der Waals surface area contributed by atoms with E-state index in [2.05, 4.69) is 36.2 Å². The highest BCUT2D eigenvalue weighted by Gasteiger charge is 2.28. The van der Waals surface area contributed by atoms with Gasteiger partial charge in [0.15, 0.2) is 0 Å². The molecule has 0 bridgehead atoms. The lowest BCUT2D eigenvalue weighted by Crippen LogP contribution is -2.29. The molecular formula is C17H18N2O. The maximum absolute atomic E-state index is 12.4. The molecule has 20 heavy (non-hydrogen) atoms. The number of hydrogen-bond acceptors (Lipinski definition) is 2. The Morgan fingerprint density at radius 3 is 2.75 bits per heavy atom. The van der Waals surface area contributed by atoms with E-state index in [0.29, 0.717) is 11.6 Å². The Bertz CT molecular complexity index is 609. The van der Waals surface area contributed by atoms with Gasteiger partial charge < -0.3 is 4.90 Å². The van der Waals surface area contributed by atoms with Crippen LogP contribution in [0.5, 0.6) is 0 Å². The minimum absolute atomic E-state index is 0.0432. The van der Waals surface area contributed by atoms with Gasteiger partial charge in [-0.1, -0.05) is 30.3 Å². The fraction of sp³-hybridized carbons (Fsp3) is 0.294. The van der Waals surface area contributed by atoms with Crippen molar-refractivity contribution in [1.82, 2.24) is 9.88 Å². The molecule has 1 saturated heterocycles. The highest BCUT2D eigenvalue weighted by molar-refractivity contribution is 5.92. The second-order valence-electron chi connectivity index (χ2n) is 5.31. The van der Waals surface area contributed by atoms with Gasteiger partial charge in [-0.25, -0.2) is 0 Å². The molecule has 0 saturated carbocycles. The molecule has 3 heteroatoms. The van der Waals surface area contributed by atoms with E-state index >= 15 is 0 Å². The summed E-state index contributed by atoms with van der Waals surface area (Å²) in [4.78, 5) is 18.4. The number of likely N-dealkylation sites (tertiary alicyclic amines) is 1. The maximum atomic E-state index is 12.4. The minimum Gasteiger partial charge on any atom is -0.337 e. The number of nitrogens with zero attached hydrogens (tertiary/aromatic N) is 2. The molecule has 0 unspecified atom stereocenters. The molecule has 2 aromatic rings. The first kappa shape index (κ1) is 12.9. The lowest BCUT2D eigenvalue weighted by atomic mass is 9.94. The first-order chi connectivity index (χ1) is 9.75. The van der Waals surface area contributed by atoms with Gasteiger partial charge in [-0.3, -0.25) is 9.78 Å². The molecule has 1 aromatic carbocycles. The van der Waals surface area contributed by atoms with Crippen LogP contribution in [0, 0.1) is 6.92 Å². The largest absolute Gasteiger partial charge is 0.337 e. The summed E-state index contributed by atoms with van der Waals surface area (Å²) in [6.07, 6.45) is 2.70. The third kappa shape index (κ3) is 2.44. The second kappa shape index (κ2) is 5.45. The number of rotatable bonds is 2. The van der Waals surface area contributed by atoms with E-state index in [1.165, 1.54) is 11.1 Å². The van der Waals surface area contributed by atoms with E-state index in [4.69, 9.17) is 0 Å². The normalized spacial score (nSPS) is 18.2. The summed E-state index contributed by atoms with van der Waals surface area (Å²) in [6, 6.07) is 13.9. The summed E-state index contributed by atoms with van der Waals surface area (Å²) in [5.74, 6) is 0.491. The van der Waals surface area contributed by atoms with Crippen molar-refractivity contribution in [1.29, 1.82) is 0 Å². The number of carbonyl (C=O) groups excluding carboxylic acids is 1. The Kier molecular flexibility index (Phi) is 3.50. The molecule has 1 aliphatic heterocycles. The Morgan fingerprint density at radius 2 is 2.00 bits per heavy atom. The number of benzene rings is 1. The molecule has 102 valence electrons. The molecule has 1 aromatic heterocycles. The molecule has 0 aliphatic carbocycles. The molecule has 1 amide bonds. The van der Waals surface area contributed by atoms with Crippen molar-refractivity contribution in [3.05, 3.63) is 65.5 Å². The lowest BCUT2D eigenvalue weighted by Gasteiger charge is -2.17. The van der Waals surface area contributed by atoms with E-state index in [1.807, 2.05) is 17.0 Å². The van der Waals surface area contributed by atoms with E-state index in [9.17, 15) is 4.79 Å². The summed E-state index contributed by atoms with van der Waals surface area (Å²) < 4.78 is 0. The lowest BCUT2D eigenvalue weighted by molar-refractivity contribution is 0.0785. The average molecular weight is 266 g/mol. The van der Waals surface area contributed by atoms with Crippen LogP contribution in [0.25, 0.3) is 0 Å². The molecule has 1 atom stereocenters. The van der Waals surface area contributed by atoms with Crippen molar-refractivity contribution in [2.24, 2.45) is 0 Å². The smallest absolute Gasteiger partial charge is 0.272 e. The molecule has 0 radical (unpaired) electrons. The van der Waals surface area contributed by atoms with Crippen LogP contribution >= 0.6 is 0 Å². The zero-order valence-corrected chi connectivity index (χ0v) is 11.6. The van der Waals surface area contributed by atoms with Crippen molar-refractivity contribution in [3.63, 3.8) is 0 Å². The van der Waals surface area contributed by atoms with Crippen molar-refractivity contribution >= 4 is 5.91 Å². The van der Waals surface area contributed by atoms with Gasteiger partial charge in [0.05, 0.1) is 0 Å². The fourth-order valence-electron chi connectivity index (χ4n) is 2.89. The number of aromatic nitrogens is 1. The Morgan fingerprint density at radius 1 is 1.20 bits per heavy atom. The molecule has 1 fully saturated rings. The fourth-order valence-corrected chi connectivity index (χ4v) is 2.89. The van der Waals surface area contributed by atoms with Crippen LogP contribution < -0.4 is 0 Å². The minimum atomic E-state index is 0.0432. The van der Waals surface area contributed by atoms with E-state index in [0.717, 1.165) is 19.5 Å². The van der Waals surface area contributed by atoms with E-state index < -0.39 is 0 Å². The summed E-state index contributed by atoms with van der Waals surface area (Å²) >= 11 is 0. The highest BCUT2D eigenvalue weighted by Crippen LogP contribution is 2.29. The predicted molar refractivity (Wildman–Crippen MR) is 78.7 cm³/mol. The molecular weight excluding hydrogens is 248 g/mol. The van der Waals surface area contributed by atoms with Crippen molar-refractivity contribution < 1.29 is 4.79 Å². The van der Waals surface area contributed by atoms with Crippen LogP contribution in [0.2, 0.25) is 0 Å². The summed E-state index contributed by atoms with van der Waals surface area (Å²) in [7, 11) is 0. The predicted octanol–water partition coefficient (Wildman–Crippen LogP) is 3.02. The van der Waals surface area contributed by atoms with Gasteiger partial charge in [-0.15, -0.1) is 0 Å². The number of pyridine rings is 1. The van der Waals surface area contributed by atoms with E-state index in [1.54, 1.807) is 12.3 Å². The standard InChI is InChI=1S/C17H18N2O/c1-13-6-2-3-7-15(13)14-9-11-19(12-14)17(20)16-8-4-5-10-18-16/h2-8,10,14H,9,11-12H2,1H3/t14-/m1/s1. The van der Waals surface area contributed by atoms with Crippen molar-refractivity contribution in [2.75, 3.05) is 13.1 Å². The quantitative estimate of drug-likeness (QED) is 0.837. The van der Waals surface area contributed by atoms with Gasteiger partial charge in [-0.2, -0.15) is 0 Å². The van der Waals surface area contributed by atoms with Crippen LogP contribution in [0.3, 0.4) is 0 Å². The van der Waals surface area contributed by atoms with Crippen molar-refractivity contribution in [3.8, 4) is 0 Å². The summed E-state index contributed by atoms with van der Waals surface area (Å²) in [6.45, 7) is 3.74. The van der Waals surface area contributed by atoms with Gasteiger partial charge in [-0.05, 0) is 36.6 Å². The SMILES string of the molecule is Cc1ccccc1[C@@H]1CCN(C(=O)c2ccccn2)C1. The Balaban J connectivity index is 1.74. The van der Waals surface area contributed by atoms with E-state index in [-0.39, 0.29) is 5.91 Å². The van der Waals surface area contributed by atoms with Gasteiger partial charge in [0.1, 0.15) is 5.69 Å². The number of amides is 1. The zero-order chi connectivity index (χ0) is 13.9. The van der Waals surface area contributed by atoms with Crippen LogP contribution in [0.15, 0.2) is 48.7 Å². The number of hydrogen-bond donors (Lipinski definition) is 0. The maximum Gasteiger partial charge on any atom is 0.272 e. The molecule has 2 heterocycles.